The number of hydrogen-bond acceptors (Lipinski definition) is 4. The minimum atomic E-state index is -0.602. The number of fused-ring (bicyclic) bond motifs is 1. The van der Waals surface area contributed by atoms with Gasteiger partial charge in [-0.05, 0) is 6.07 Å². The Labute approximate surface area is 74.7 Å². The second-order valence-corrected chi connectivity index (χ2v) is 2.93. The minimum absolute atomic E-state index is 0.163. The molecule has 1 amide bonds. The molecule has 2 heterocycles. The first kappa shape index (κ1) is 8.28. The molecule has 0 bridgehead atoms. The third-order valence-corrected chi connectivity index (χ3v) is 2.07. The van der Waals surface area contributed by atoms with Crippen LogP contribution in [0.25, 0.3) is 0 Å². The summed E-state index contributed by atoms with van der Waals surface area (Å²) in [5.41, 5.74) is 2.53. The van der Waals surface area contributed by atoms with Crippen LogP contribution in [0.15, 0.2) is 10.5 Å². The molecule has 1 aliphatic rings. The van der Waals surface area contributed by atoms with Gasteiger partial charge in [0, 0.05) is 25.1 Å². The van der Waals surface area contributed by atoms with E-state index in [4.69, 9.17) is 9.62 Å². The van der Waals surface area contributed by atoms with Crippen molar-refractivity contribution in [3.63, 3.8) is 0 Å². The Morgan fingerprint density at radius 3 is 3.23 bits per heavy atom. The summed E-state index contributed by atoms with van der Waals surface area (Å²) in [6.07, 6.45) is 0.786. The van der Waals surface area contributed by atoms with Crippen LogP contribution in [-0.2, 0) is 13.0 Å². The van der Waals surface area contributed by atoms with Gasteiger partial charge in [0.1, 0.15) is 5.76 Å². The Bertz CT molecular complexity index is 309. The quantitative estimate of drug-likeness (QED) is 0.423. The van der Waals surface area contributed by atoms with E-state index in [0.29, 0.717) is 0 Å². The molecular weight excluding hydrogens is 172 g/mol. The summed E-state index contributed by atoms with van der Waals surface area (Å²) in [6.45, 7) is 1.58. The van der Waals surface area contributed by atoms with Crippen molar-refractivity contribution in [2.24, 2.45) is 0 Å². The third kappa shape index (κ3) is 1.43. The van der Waals surface area contributed by atoms with E-state index in [1.165, 1.54) is 5.48 Å². The van der Waals surface area contributed by atoms with Gasteiger partial charge < -0.3 is 9.73 Å². The molecule has 13 heavy (non-hydrogen) atoms. The summed E-state index contributed by atoms with van der Waals surface area (Å²) in [5, 5.41) is 11.5. The molecule has 0 saturated heterocycles. The van der Waals surface area contributed by atoms with Crippen molar-refractivity contribution in [3.05, 3.63) is 23.2 Å². The smallest absolute Gasteiger partial charge is 0.310 e. The molecule has 2 rings (SSSR count). The van der Waals surface area contributed by atoms with Crippen molar-refractivity contribution in [1.82, 2.24) is 10.8 Å². The molecule has 0 atom stereocenters. The predicted octanol–water partition coefficient (Wildman–Crippen LogP) is 0.0443. The lowest BCUT2D eigenvalue weighted by molar-refractivity contribution is 0.0674. The van der Waals surface area contributed by atoms with Gasteiger partial charge in [0.15, 0.2) is 5.76 Å². The van der Waals surface area contributed by atoms with Gasteiger partial charge in [-0.3, -0.25) is 10.0 Å². The summed E-state index contributed by atoms with van der Waals surface area (Å²) in [4.78, 5) is 11.0. The van der Waals surface area contributed by atoms with Gasteiger partial charge in [-0.2, -0.15) is 0 Å². The van der Waals surface area contributed by atoms with Crippen molar-refractivity contribution < 1.29 is 14.4 Å². The number of rotatable bonds is 1. The lowest BCUT2D eigenvalue weighted by Crippen LogP contribution is -2.22. The zero-order chi connectivity index (χ0) is 9.26. The van der Waals surface area contributed by atoms with Gasteiger partial charge in [-0.25, -0.2) is 5.48 Å². The normalized spacial score (nSPS) is 15.2. The Morgan fingerprint density at radius 1 is 1.69 bits per heavy atom. The Hall–Kier alpha value is -1.33. The monoisotopic (exact) mass is 182 g/mol. The van der Waals surface area contributed by atoms with E-state index in [-0.39, 0.29) is 5.76 Å². The second-order valence-electron chi connectivity index (χ2n) is 2.93. The standard InChI is InChI=1S/C8H10N2O3/c11-8(10-12)7-3-5-4-9-2-1-6(5)13-7/h3,9,12H,1-2,4H2,(H,10,11). The van der Waals surface area contributed by atoms with Crippen LogP contribution in [0.3, 0.4) is 0 Å². The van der Waals surface area contributed by atoms with Crippen LogP contribution in [0.2, 0.25) is 0 Å². The van der Waals surface area contributed by atoms with E-state index in [1.807, 2.05) is 0 Å². The second kappa shape index (κ2) is 3.20. The summed E-state index contributed by atoms with van der Waals surface area (Å²) in [7, 11) is 0. The lowest BCUT2D eigenvalue weighted by Gasteiger charge is -2.09. The van der Waals surface area contributed by atoms with E-state index in [9.17, 15) is 4.79 Å². The van der Waals surface area contributed by atoms with Crippen LogP contribution in [0.1, 0.15) is 21.9 Å². The molecule has 70 valence electrons. The zero-order valence-corrected chi connectivity index (χ0v) is 6.96. The highest BCUT2D eigenvalue weighted by Crippen LogP contribution is 2.18. The first-order valence-corrected chi connectivity index (χ1v) is 4.08. The van der Waals surface area contributed by atoms with Gasteiger partial charge in [0.2, 0.25) is 0 Å². The van der Waals surface area contributed by atoms with Crippen LogP contribution in [0, 0.1) is 0 Å². The van der Waals surface area contributed by atoms with Crippen molar-refractivity contribution >= 4 is 5.91 Å². The summed E-state index contributed by atoms with van der Waals surface area (Å²) in [5.74, 6) is 0.392. The SMILES string of the molecule is O=C(NO)c1cc2c(o1)CCNC2. The molecule has 1 aromatic heterocycles. The van der Waals surface area contributed by atoms with E-state index < -0.39 is 5.91 Å². The van der Waals surface area contributed by atoms with Crippen molar-refractivity contribution in [2.45, 2.75) is 13.0 Å². The average Bonchev–Trinajstić information content (AvgIpc) is 2.59. The third-order valence-electron chi connectivity index (χ3n) is 2.07. The maximum Gasteiger partial charge on any atom is 0.310 e. The molecule has 0 fully saturated rings. The van der Waals surface area contributed by atoms with E-state index in [2.05, 4.69) is 5.32 Å². The largest absolute Gasteiger partial charge is 0.455 e. The average molecular weight is 182 g/mol. The fraction of sp³-hybridized carbons (Fsp3) is 0.375. The van der Waals surface area contributed by atoms with Crippen molar-refractivity contribution in [1.29, 1.82) is 0 Å². The Morgan fingerprint density at radius 2 is 2.54 bits per heavy atom. The molecular formula is C8H10N2O3. The number of carbonyl (C=O) groups excluding carboxylic acids is 1. The summed E-state index contributed by atoms with van der Waals surface area (Å²) in [6, 6.07) is 1.65. The maximum atomic E-state index is 11.0. The highest BCUT2D eigenvalue weighted by molar-refractivity contribution is 5.90. The first-order valence-electron chi connectivity index (χ1n) is 4.08. The number of furan rings is 1. The van der Waals surface area contributed by atoms with Crippen molar-refractivity contribution in [2.75, 3.05) is 6.54 Å². The molecule has 3 N–H and O–H groups in total. The van der Waals surface area contributed by atoms with Gasteiger partial charge in [-0.1, -0.05) is 0 Å². The molecule has 5 nitrogen and oxygen atoms in total. The van der Waals surface area contributed by atoms with Gasteiger partial charge in [-0.15, -0.1) is 0 Å². The van der Waals surface area contributed by atoms with Crippen molar-refractivity contribution in [3.8, 4) is 0 Å². The van der Waals surface area contributed by atoms with Gasteiger partial charge in [0.25, 0.3) is 0 Å². The van der Waals surface area contributed by atoms with Crippen LogP contribution < -0.4 is 10.8 Å². The fourth-order valence-electron chi connectivity index (χ4n) is 1.42. The van der Waals surface area contributed by atoms with Gasteiger partial charge >= 0.3 is 5.91 Å². The van der Waals surface area contributed by atoms with Crippen LogP contribution in [0.5, 0.6) is 0 Å². The molecule has 0 radical (unpaired) electrons. The number of hydrogen-bond donors (Lipinski definition) is 3. The molecule has 0 spiro atoms. The summed E-state index contributed by atoms with van der Waals surface area (Å²) >= 11 is 0. The number of carbonyl (C=O) groups is 1. The maximum absolute atomic E-state index is 11.0. The highest BCUT2D eigenvalue weighted by atomic mass is 16.5. The highest BCUT2D eigenvalue weighted by Gasteiger charge is 2.18. The Kier molecular flexibility index (Phi) is 2.03. The lowest BCUT2D eigenvalue weighted by atomic mass is 10.1. The molecule has 0 aliphatic carbocycles. The number of hydroxylamine groups is 1. The van der Waals surface area contributed by atoms with Crippen LogP contribution >= 0.6 is 0 Å². The minimum Gasteiger partial charge on any atom is -0.455 e. The van der Waals surface area contributed by atoms with Crippen LogP contribution in [0.4, 0.5) is 0 Å². The van der Waals surface area contributed by atoms with E-state index in [0.717, 1.165) is 30.8 Å². The van der Waals surface area contributed by atoms with E-state index >= 15 is 0 Å². The molecule has 1 aromatic rings. The fourth-order valence-corrected chi connectivity index (χ4v) is 1.42. The topological polar surface area (TPSA) is 74.5 Å². The summed E-state index contributed by atoms with van der Waals surface area (Å²) < 4.78 is 5.25. The molecule has 0 aromatic carbocycles. The zero-order valence-electron chi connectivity index (χ0n) is 6.96. The van der Waals surface area contributed by atoms with E-state index in [1.54, 1.807) is 6.07 Å². The molecule has 5 heteroatoms. The molecule has 0 unspecified atom stereocenters. The first-order chi connectivity index (χ1) is 6.31. The molecule has 0 saturated carbocycles. The number of nitrogens with one attached hydrogen (secondary N) is 2. The number of amides is 1. The molecule has 1 aliphatic heterocycles. The van der Waals surface area contributed by atoms with Crippen LogP contribution in [-0.4, -0.2) is 17.7 Å². The Balaban J connectivity index is 2.30. The predicted molar refractivity (Wildman–Crippen MR) is 43.4 cm³/mol. The van der Waals surface area contributed by atoms with Gasteiger partial charge in [0.05, 0.1) is 0 Å².